The molecule has 0 spiro atoms. The first kappa shape index (κ1) is 16.7. The second-order valence-corrected chi connectivity index (χ2v) is 6.58. The number of aliphatic hydroxyl groups excluding tert-OH is 1. The summed E-state index contributed by atoms with van der Waals surface area (Å²) in [7, 11) is 0. The molecule has 2 aromatic heterocycles. The van der Waals surface area contributed by atoms with Crippen molar-refractivity contribution in [1.82, 2.24) is 19.5 Å². The van der Waals surface area contributed by atoms with Gasteiger partial charge < -0.3 is 10.0 Å². The summed E-state index contributed by atoms with van der Waals surface area (Å²) in [4.78, 5) is 28.7. The fourth-order valence-corrected chi connectivity index (χ4v) is 3.56. The molecule has 0 aliphatic carbocycles. The van der Waals surface area contributed by atoms with Crippen molar-refractivity contribution in [2.45, 2.75) is 32.4 Å². The summed E-state index contributed by atoms with van der Waals surface area (Å²) in [6, 6.07) is 7.26. The van der Waals surface area contributed by atoms with Crippen LogP contribution < -0.4 is 10.5 Å². The lowest BCUT2D eigenvalue weighted by molar-refractivity contribution is 0.270. The van der Waals surface area contributed by atoms with Crippen LogP contribution in [0.1, 0.15) is 30.3 Å². The number of hydrogen-bond donors (Lipinski definition) is 1. The number of benzene rings is 1. The Bertz CT molecular complexity index is 983. The summed E-state index contributed by atoms with van der Waals surface area (Å²) in [5.74, 6) is 1.32. The Labute approximate surface area is 151 Å². The third-order valence-electron chi connectivity index (χ3n) is 4.79. The van der Waals surface area contributed by atoms with E-state index >= 15 is 0 Å². The summed E-state index contributed by atoms with van der Waals surface area (Å²) in [6.45, 7) is 2.89. The second-order valence-electron chi connectivity index (χ2n) is 6.58. The number of hydrogen-bond acceptors (Lipinski definition) is 6. The fourth-order valence-electron chi connectivity index (χ4n) is 3.56. The zero-order valence-corrected chi connectivity index (χ0v) is 14.7. The molecule has 1 aromatic carbocycles. The molecule has 1 aliphatic rings. The Balaban J connectivity index is 1.85. The number of aliphatic hydroxyl groups is 1. The largest absolute Gasteiger partial charge is 0.395 e. The Morgan fingerprint density at radius 1 is 1.23 bits per heavy atom. The lowest BCUT2D eigenvalue weighted by Gasteiger charge is -2.26. The van der Waals surface area contributed by atoms with Crippen LogP contribution in [-0.4, -0.2) is 37.8 Å². The molecule has 3 aromatic rings. The van der Waals surface area contributed by atoms with E-state index in [0.717, 1.165) is 24.9 Å². The lowest BCUT2D eigenvalue weighted by atomic mass is 10.1. The zero-order valence-electron chi connectivity index (χ0n) is 14.7. The Morgan fingerprint density at radius 2 is 2.00 bits per heavy atom. The van der Waals surface area contributed by atoms with Gasteiger partial charge in [0.25, 0.3) is 5.56 Å². The van der Waals surface area contributed by atoms with Gasteiger partial charge in [0.2, 0.25) is 5.95 Å². The van der Waals surface area contributed by atoms with Gasteiger partial charge in [-0.1, -0.05) is 12.1 Å². The monoisotopic (exact) mass is 351 g/mol. The first-order valence-corrected chi connectivity index (χ1v) is 8.84. The van der Waals surface area contributed by atoms with Crippen LogP contribution in [0, 0.1) is 6.92 Å². The molecule has 3 heterocycles. The van der Waals surface area contributed by atoms with Crippen molar-refractivity contribution in [3.63, 3.8) is 0 Å². The van der Waals surface area contributed by atoms with E-state index in [4.69, 9.17) is 4.98 Å². The molecule has 0 amide bonds. The summed E-state index contributed by atoms with van der Waals surface area (Å²) in [5, 5.41) is 10.0. The Hall–Kier alpha value is -2.80. The molecule has 1 fully saturated rings. The molecule has 4 rings (SSSR count). The third-order valence-corrected chi connectivity index (χ3v) is 4.79. The normalized spacial score (nSPS) is 17.2. The summed E-state index contributed by atoms with van der Waals surface area (Å²) in [5.41, 5.74) is 1.57. The van der Waals surface area contributed by atoms with Crippen LogP contribution >= 0.6 is 0 Å². The second kappa shape index (κ2) is 6.84. The molecule has 26 heavy (non-hydrogen) atoms. The van der Waals surface area contributed by atoms with Gasteiger partial charge >= 0.3 is 0 Å². The van der Waals surface area contributed by atoms with E-state index in [1.807, 2.05) is 25.1 Å². The van der Waals surface area contributed by atoms with E-state index in [1.54, 1.807) is 23.0 Å². The van der Waals surface area contributed by atoms with Crippen LogP contribution in [0.2, 0.25) is 0 Å². The number of fused-ring (bicyclic) bond motifs is 1. The van der Waals surface area contributed by atoms with Crippen LogP contribution in [-0.2, 0) is 6.54 Å². The summed E-state index contributed by atoms with van der Waals surface area (Å²) < 4.78 is 1.60. The van der Waals surface area contributed by atoms with Crippen molar-refractivity contribution in [1.29, 1.82) is 0 Å². The molecule has 7 nitrogen and oxygen atoms in total. The van der Waals surface area contributed by atoms with Crippen molar-refractivity contribution < 1.29 is 5.11 Å². The summed E-state index contributed by atoms with van der Waals surface area (Å²) >= 11 is 0. The minimum Gasteiger partial charge on any atom is -0.395 e. The molecule has 0 radical (unpaired) electrons. The van der Waals surface area contributed by atoms with Crippen LogP contribution in [0.5, 0.6) is 0 Å². The maximum atomic E-state index is 12.9. The van der Waals surface area contributed by atoms with Crippen LogP contribution in [0.15, 0.2) is 41.5 Å². The van der Waals surface area contributed by atoms with Gasteiger partial charge in [-0.3, -0.25) is 9.36 Å². The zero-order chi connectivity index (χ0) is 18.1. The molecule has 7 heteroatoms. The average molecular weight is 351 g/mol. The first-order chi connectivity index (χ1) is 12.7. The number of anilines is 1. The molecular weight excluding hydrogens is 330 g/mol. The minimum absolute atomic E-state index is 0.0819. The van der Waals surface area contributed by atoms with Gasteiger partial charge in [-0.05, 0) is 37.5 Å². The van der Waals surface area contributed by atoms with Crippen molar-refractivity contribution in [2.24, 2.45) is 0 Å². The predicted molar refractivity (Wildman–Crippen MR) is 99.2 cm³/mol. The van der Waals surface area contributed by atoms with Crippen LogP contribution in [0.25, 0.3) is 10.9 Å². The smallest absolute Gasteiger partial charge is 0.261 e. The predicted octanol–water partition coefficient (Wildman–Crippen LogP) is 1.83. The van der Waals surface area contributed by atoms with E-state index in [0.29, 0.717) is 22.7 Å². The topological polar surface area (TPSA) is 84.1 Å². The van der Waals surface area contributed by atoms with Gasteiger partial charge in [-0.25, -0.2) is 15.0 Å². The lowest BCUT2D eigenvalue weighted by Crippen LogP contribution is -2.33. The van der Waals surface area contributed by atoms with Crippen LogP contribution in [0.4, 0.5) is 5.95 Å². The average Bonchev–Trinajstić information content (AvgIpc) is 3.14. The molecule has 1 atom stereocenters. The molecule has 1 unspecified atom stereocenters. The number of aromatic nitrogens is 4. The molecule has 0 saturated carbocycles. The molecule has 1 aliphatic heterocycles. The third kappa shape index (κ3) is 2.84. The number of rotatable bonds is 4. The van der Waals surface area contributed by atoms with E-state index < -0.39 is 0 Å². The summed E-state index contributed by atoms with van der Waals surface area (Å²) in [6.07, 6.45) is 5.44. The molecular formula is C19H21N5O2. The minimum atomic E-state index is -0.115. The number of aryl methyl sites for hydroxylation is 1. The maximum Gasteiger partial charge on any atom is 0.261 e. The molecule has 1 N–H and O–H groups in total. The first-order valence-electron chi connectivity index (χ1n) is 8.84. The van der Waals surface area contributed by atoms with Crippen molar-refractivity contribution >= 4 is 16.9 Å². The number of nitrogens with zero attached hydrogens (tertiary/aromatic N) is 5. The van der Waals surface area contributed by atoms with E-state index in [-0.39, 0.29) is 24.8 Å². The molecule has 0 bridgehead atoms. The standard InChI is InChI=1S/C19H21N5O2/c1-13-11-20-19(21-12-13)23-8-4-7-16(23)17-22-15-6-3-2-5-14(15)18(26)24(17)9-10-25/h2-3,5-6,11-12,16,25H,4,7-10H2,1H3. The van der Waals surface area contributed by atoms with Crippen molar-refractivity contribution in [3.05, 3.63) is 58.4 Å². The van der Waals surface area contributed by atoms with Gasteiger partial charge in [0.1, 0.15) is 5.82 Å². The van der Waals surface area contributed by atoms with Crippen molar-refractivity contribution in [3.8, 4) is 0 Å². The number of para-hydroxylation sites is 1. The van der Waals surface area contributed by atoms with Gasteiger partial charge in [-0.2, -0.15) is 0 Å². The maximum absolute atomic E-state index is 12.9. The quantitative estimate of drug-likeness (QED) is 0.772. The van der Waals surface area contributed by atoms with Crippen molar-refractivity contribution in [2.75, 3.05) is 18.1 Å². The highest BCUT2D eigenvalue weighted by Gasteiger charge is 2.32. The van der Waals surface area contributed by atoms with E-state index in [2.05, 4.69) is 14.9 Å². The van der Waals surface area contributed by atoms with Gasteiger partial charge in [0.15, 0.2) is 0 Å². The van der Waals surface area contributed by atoms with E-state index in [9.17, 15) is 9.90 Å². The molecule has 134 valence electrons. The highest BCUT2D eigenvalue weighted by atomic mass is 16.3. The highest BCUT2D eigenvalue weighted by molar-refractivity contribution is 5.77. The van der Waals surface area contributed by atoms with Gasteiger partial charge in [0.05, 0.1) is 30.1 Å². The highest BCUT2D eigenvalue weighted by Crippen LogP contribution is 2.33. The Morgan fingerprint density at radius 3 is 2.77 bits per heavy atom. The van der Waals surface area contributed by atoms with Gasteiger partial charge in [0, 0.05) is 18.9 Å². The van der Waals surface area contributed by atoms with Gasteiger partial charge in [-0.15, -0.1) is 0 Å². The Kier molecular flexibility index (Phi) is 4.38. The van der Waals surface area contributed by atoms with Crippen LogP contribution in [0.3, 0.4) is 0 Å². The molecule has 1 saturated heterocycles. The van der Waals surface area contributed by atoms with E-state index in [1.165, 1.54) is 0 Å². The SMILES string of the molecule is Cc1cnc(N2CCCC2c2nc3ccccc3c(=O)n2CCO)nc1. The fraction of sp³-hybridized carbons (Fsp3) is 0.368.